The summed E-state index contributed by atoms with van der Waals surface area (Å²) in [4.78, 5) is 14.2. The van der Waals surface area contributed by atoms with Crippen LogP contribution in [0.1, 0.15) is 37.8 Å². The summed E-state index contributed by atoms with van der Waals surface area (Å²) in [5, 5.41) is 2.76. The number of anilines is 1. The van der Waals surface area contributed by atoms with Crippen molar-refractivity contribution in [3.8, 4) is 0 Å². The molecule has 1 aromatic carbocycles. The van der Waals surface area contributed by atoms with Gasteiger partial charge in [0, 0.05) is 31.9 Å². The number of amides is 1. The summed E-state index contributed by atoms with van der Waals surface area (Å²) in [6.07, 6.45) is 2.94. The molecule has 1 aliphatic rings. The van der Waals surface area contributed by atoms with E-state index in [0.29, 0.717) is 0 Å². The number of hydrogen-bond donors (Lipinski definition) is 2. The number of benzene rings is 1. The molecule has 3 N–H and O–H groups in total. The van der Waals surface area contributed by atoms with Gasteiger partial charge in [0.2, 0.25) is 5.91 Å². The van der Waals surface area contributed by atoms with Crippen molar-refractivity contribution in [3.05, 3.63) is 29.8 Å². The fourth-order valence-electron chi connectivity index (χ4n) is 2.92. The number of hydrogen-bond acceptors (Lipinski definition) is 3. The summed E-state index contributed by atoms with van der Waals surface area (Å²) in [7, 11) is 1.71. The number of piperidine rings is 1. The minimum Gasteiger partial charge on any atom is -0.370 e. The second-order valence-electron chi connectivity index (χ2n) is 5.47. The molecular weight excluding hydrogens is 250 g/mol. The molecule has 1 aliphatic heterocycles. The fraction of sp³-hybridized carbons (Fsp3) is 0.562. The van der Waals surface area contributed by atoms with Gasteiger partial charge in [-0.3, -0.25) is 4.79 Å². The molecule has 2 rings (SSSR count). The van der Waals surface area contributed by atoms with Crippen molar-refractivity contribution in [1.82, 2.24) is 5.32 Å². The Kier molecular flexibility index (Phi) is 5.01. The largest absolute Gasteiger partial charge is 0.370 e. The molecule has 110 valence electrons. The Labute approximate surface area is 121 Å². The summed E-state index contributed by atoms with van der Waals surface area (Å²) in [5.41, 5.74) is 8.59. The number of nitrogens with two attached hydrogens (primary N) is 1. The highest BCUT2D eigenvalue weighted by molar-refractivity contribution is 5.79. The fourth-order valence-corrected chi connectivity index (χ4v) is 2.92. The quantitative estimate of drug-likeness (QED) is 0.884. The van der Waals surface area contributed by atoms with Crippen LogP contribution in [0, 0.1) is 5.92 Å². The van der Waals surface area contributed by atoms with Crippen molar-refractivity contribution in [2.75, 3.05) is 25.0 Å². The number of nitrogens with one attached hydrogen (secondary N) is 1. The molecule has 0 radical (unpaired) electrons. The Morgan fingerprint density at radius 3 is 2.95 bits per heavy atom. The highest BCUT2D eigenvalue weighted by Crippen LogP contribution is 2.30. The Morgan fingerprint density at radius 2 is 2.25 bits per heavy atom. The van der Waals surface area contributed by atoms with Crippen LogP contribution in [0.3, 0.4) is 0 Å². The number of para-hydroxylation sites is 1. The second-order valence-corrected chi connectivity index (χ2v) is 5.47. The van der Waals surface area contributed by atoms with Gasteiger partial charge in [-0.15, -0.1) is 0 Å². The van der Waals surface area contributed by atoms with Gasteiger partial charge in [0.25, 0.3) is 0 Å². The lowest BCUT2D eigenvalue weighted by Crippen LogP contribution is -2.42. The number of carbonyl (C=O) groups is 1. The zero-order chi connectivity index (χ0) is 14.5. The first-order valence-corrected chi connectivity index (χ1v) is 7.48. The van der Waals surface area contributed by atoms with Crippen LogP contribution in [0.2, 0.25) is 0 Å². The van der Waals surface area contributed by atoms with E-state index in [1.165, 1.54) is 11.3 Å². The second kappa shape index (κ2) is 6.75. The molecule has 1 heterocycles. The monoisotopic (exact) mass is 275 g/mol. The summed E-state index contributed by atoms with van der Waals surface area (Å²) < 4.78 is 0. The molecule has 1 aromatic rings. The van der Waals surface area contributed by atoms with E-state index in [2.05, 4.69) is 29.3 Å². The maximum absolute atomic E-state index is 11.9. The van der Waals surface area contributed by atoms with E-state index in [0.717, 1.165) is 32.4 Å². The van der Waals surface area contributed by atoms with Crippen LogP contribution < -0.4 is 16.0 Å². The van der Waals surface area contributed by atoms with Crippen LogP contribution in [0.15, 0.2) is 24.3 Å². The first-order chi connectivity index (χ1) is 9.67. The Bertz CT molecular complexity index is 461. The van der Waals surface area contributed by atoms with Gasteiger partial charge in [0.05, 0.1) is 5.92 Å². The van der Waals surface area contributed by atoms with Gasteiger partial charge in [-0.25, -0.2) is 0 Å². The molecule has 20 heavy (non-hydrogen) atoms. The highest BCUT2D eigenvalue weighted by atomic mass is 16.1. The molecular formula is C16H25N3O. The van der Waals surface area contributed by atoms with Crippen molar-refractivity contribution in [1.29, 1.82) is 0 Å². The third-order valence-corrected chi connectivity index (χ3v) is 4.16. The first-order valence-electron chi connectivity index (χ1n) is 7.48. The van der Waals surface area contributed by atoms with Crippen molar-refractivity contribution >= 4 is 11.6 Å². The molecule has 0 bridgehead atoms. The minimum atomic E-state index is 0.0616. The molecule has 0 saturated carbocycles. The third-order valence-electron chi connectivity index (χ3n) is 4.16. The average molecular weight is 275 g/mol. The summed E-state index contributed by atoms with van der Waals surface area (Å²) in [6.45, 7) is 3.89. The zero-order valence-electron chi connectivity index (χ0n) is 12.4. The molecule has 1 saturated heterocycles. The summed E-state index contributed by atoms with van der Waals surface area (Å²) in [5.74, 6) is 0.228. The van der Waals surface area contributed by atoms with Crippen LogP contribution in [0.4, 0.5) is 5.69 Å². The minimum absolute atomic E-state index is 0.0616. The zero-order valence-corrected chi connectivity index (χ0v) is 12.4. The van der Waals surface area contributed by atoms with E-state index in [-0.39, 0.29) is 17.9 Å². The topological polar surface area (TPSA) is 58.4 Å². The van der Waals surface area contributed by atoms with E-state index in [1.54, 1.807) is 7.05 Å². The van der Waals surface area contributed by atoms with Crippen LogP contribution in [-0.4, -0.2) is 26.0 Å². The Hall–Kier alpha value is -1.55. The standard InChI is InChI=1S/C16H25N3O/c1-3-14(17)13-8-4-5-9-15(13)19-10-6-7-12(11-19)16(20)18-2/h4-5,8-9,12,14H,3,6-7,10-11,17H2,1-2H3,(H,18,20)/t12?,14-/m1/s1. The van der Waals surface area contributed by atoms with Gasteiger partial charge in [-0.1, -0.05) is 25.1 Å². The Morgan fingerprint density at radius 1 is 1.50 bits per heavy atom. The molecule has 0 aliphatic carbocycles. The first kappa shape index (κ1) is 14.9. The SMILES string of the molecule is CC[C@@H](N)c1ccccc1N1CCCC(C(=O)NC)C1. The van der Waals surface area contributed by atoms with E-state index >= 15 is 0 Å². The van der Waals surface area contributed by atoms with Crippen LogP contribution in [-0.2, 0) is 4.79 Å². The maximum Gasteiger partial charge on any atom is 0.224 e. The smallest absolute Gasteiger partial charge is 0.224 e. The lowest BCUT2D eigenvalue weighted by atomic mass is 9.95. The summed E-state index contributed by atoms with van der Waals surface area (Å²) in [6, 6.07) is 8.37. The van der Waals surface area contributed by atoms with Crippen molar-refractivity contribution in [2.24, 2.45) is 11.7 Å². The molecule has 1 amide bonds. The van der Waals surface area contributed by atoms with Crippen molar-refractivity contribution in [2.45, 2.75) is 32.2 Å². The van der Waals surface area contributed by atoms with E-state index in [9.17, 15) is 4.79 Å². The summed E-state index contributed by atoms with van der Waals surface area (Å²) >= 11 is 0. The lowest BCUT2D eigenvalue weighted by Gasteiger charge is -2.35. The molecule has 4 nitrogen and oxygen atoms in total. The Balaban J connectivity index is 2.20. The van der Waals surface area contributed by atoms with Gasteiger partial charge < -0.3 is 16.0 Å². The third kappa shape index (κ3) is 3.12. The molecule has 1 fully saturated rings. The molecule has 1 unspecified atom stereocenters. The van der Waals surface area contributed by atoms with Crippen LogP contribution in [0.5, 0.6) is 0 Å². The van der Waals surface area contributed by atoms with Crippen molar-refractivity contribution in [3.63, 3.8) is 0 Å². The predicted octanol–water partition coefficient (Wildman–Crippen LogP) is 2.06. The molecule has 4 heteroatoms. The average Bonchev–Trinajstić information content (AvgIpc) is 2.53. The molecule has 0 aromatic heterocycles. The van der Waals surface area contributed by atoms with Gasteiger partial charge in [-0.05, 0) is 30.9 Å². The van der Waals surface area contributed by atoms with Gasteiger partial charge in [-0.2, -0.15) is 0 Å². The normalized spacial score (nSPS) is 20.6. The number of rotatable bonds is 4. The number of carbonyl (C=O) groups excluding carboxylic acids is 1. The van der Waals surface area contributed by atoms with E-state index in [1.807, 2.05) is 12.1 Å². The molecule has 0 spiro atoms. The van der Waals surface area contributed by atoms with Crippen molar-refractivity contribution < 1.29 is 4.79 Å². The number of nitrogens with zero attached hydrogens (tertiary/aromatic N) is 1. The van der Waals surface area contributed by atoms with E-state index in [4.69, 9.17) is 5.73 Å². The van der Waals surface area contributed by atoms with Gasteiger partial charge in [0.15, 0.2) is 0 Å². The van der Waals surface area contributed by atoms with Gasteiger partial charge in [0.1, 0.15) is 0 Å². The predicted molar refractivity (Wildman–Crippen MR) is 82.7 cm³/mol. The highest BCUT2D eigenvalue weighted by Gasteiger charge is 2.26. The van der Waals surface area contributed by atoms with Crippen LogP contribution in [0.25, 0.3) is 0 Å². The van der Waals surface area contributed by atoms with E-state index < -0.39 is 0 Å². The maximum atomic E-state index is 11.9. The lowest BCUT2D eigenvalue weighted by molar-refractivity contribution is -0.124. The van der Waals surface area contributed by atoms with Crippen LogP contribution >= 0.6 is 0 Å². The molecule has 2 atom stereocenters. The van der Waals surface area contributed by atoms with Gasteiger partial charge >= 0.3 is 0 Å².